The molecule has 4 atom stereocenters. The SMILES string of the molecule is C[C@@H]1CN(S(=O)(=O)c2ccc3sc4ccc(S(=O)(=O)N5C[C@H](C)O[C@@H](C)C5)cc4c3c2)C[C@@H](C)O1. The van der Waals surface area contributed by atoms with Gasteiger partial charge in [0.15, 0.2) is 0 Å². The molecule has 2 aliphatic rings. The molecule has 0 spiro atoms. The van der Waals surface area contributed by atoms with Crippen LogP contribution >= 0.6 is 11.3 Å². The fourth-order valence-electron chi connectivity index (χ4n) is 5.01. The molecule has 2 aromatic carbocycles. The number of hydrogen-bond donors (Lipinski definition) is 0. The van der Waals surface area contributed by atoms with Gasteiger partial charge < -0.3 is 9.47 Å². The van der Waals surface area contributed by atoms with Gasteiger partial charge in [0.05, 0.1) is 34.2 Å². The maximum atomic E-state index is 13.4. The average Bonchev–Trinajstić information content (AvgIpc) is 3.15. The van der Waals surface area contributed by atoms with Crippen LogP contribution in [-0.2, 0) is 29.5 Å². The van der Waals surface area contributed by atoms with Crippen LogP contribution in [0.1, 0.15) is 27.7 Å². The van der Waals surface area contributed by atoms with Crippen LogP contribution in [0.5, 0.6) is 0 Å². The number of morpholine rings is 2. The van der Waals surface area contributed by atoms with E-state index in [4.69, 9.17) is 9.47 Å². The first-order chi connectivity index (χ1) is 16.4. The van der Waals surface area contributed by atoms with Crippen LogP contribution in [0, 0.1) is 0 Å². The summed E-state index contributed by atoms with van der Waals surface area (Å²) in [5.74, 6) is 0. The van der Waals surface area contributed by atoms with Crippen LogP contribution in [0.25, 0.3) is 20.2 Å². The third kappa shape index (κ3) is 4.63. The van der Waals surface area contributed by atoms with E-state index in [9.17, 15) is 16.8 Å². The third-order valence-electron chi connectivity index (χ3n) is 6.46. The molecule has 190 valence electrons. The maximum Gasteiger partial charge on any atom is 0.243 e. The molecule has 2 fully saturated rings. The van der Waals surface area contributed by atoms with Gasteiger partial charge in [-0.25, -0.2) is 16.8 Å². The Balaban J connectivity index is 1.56. The summed E-state index contributed by atoms with van der Waals surface area (Å²) in [6.07, 6.45) is -0.731. The lowest BCUT2D eigenvalue weighted by molar-refractivity contribution is -0.0442. The average molecular weight is 539 g/mol. The van der Waals surface area contributed by atoms with E-state index in [1.807, 2.05) is 27.7 Å². The molecule has 3 aromatic rings. The minimum absolute atomic E-state index is 0.183. The molecule has 0 bridgehead atoms. The van der Waals surface area contributed by atoms with Crippen LogP contribution in [0.3, 0.4) is 0 Å². The highest BCUT2D eigenvalue weighted by atomic mass is 32.2. The van der Waals surface area contributed by atoms with Crippen LogP contribution in [-0.4, -0.2) is 76.0 Å². The number of hydrogen-bond acceptors (Lipinski definition) is 7. The lowest BCUT2D eigenvalue weighted by atomic mass is 10.1. The predicted molar refractivity (Wildman–Crippen MR) is 137 cm³/mol. The van der Waals surface area contributed by atoms with Crippen molar-refractivity contribution in [1.29, 1.82) is 0 Å². The van der Waals surface area contributed by atoms with Gasteiger partial charge in [0.25, 0.3) is 0 Å². The summed E-state index contributed by atoms with van der Waals surface area (Å²) in [6, 6.07) is 10.2. The molecule has 35 heavy (non-hydrogen) atoms. The predicted octanol–water partition coefficient (Wildman–Crippen LogP) is 3.65. The first-order valence-electron chi connectivity index (χ1n) is 11.7. The van der Waals surface area contributed by atoms with E-state index in [2.05, 4.69) is 0 Å². The molecule has 0 saturated carbocycles. The quantitative estimate of drug-likeness (QED) is 0.504. The smallest absolute Gasteiger partial charge is 0.243 e. The lowest BCUT2D eigenvalue weighted by Crippen LogP contribution is -2.48. The Bertz CT molecular complexity index is 1350. The molecule has 5 rings (SSSR count). The Kier molecular flexibility index (Phi) is 6.48. The highest BCUT2D eigenvalue weighted by Crippen LogP contribution is 2.37. The van der Waals surface area contributed by atoms with E-state index < -0.39 is 20.0 Å². The van der Waals surface area contributed by atoms with Crippen LogP contribution in [0.4, 0.5) is 0 Å². The van der Waals surface area contributed by atoms with Gasteiger partial charge in [-0.1, -0.05) is 0 Å². The summed E-state index contributed by atoms with van der Waals surface area (Å²) in [5.41, 5.74) is 0. The minimum atomic E-state index is -3.72. The standard InChI is InChI=1S/C24H30N2O6S3/c1-15-11-25(12-16(2)31-15)34(27,28)19-5-7-23-21(9-19)22-10-20(6-8-24(22)33-23)35(29,30)26-13-17(3)32-18(4)14-26/h5-10,15-18H,11-14H2,1-4H3/t15-,16-,17+,18+. The van der Waals surface area contributed by atoms with E-state index in [-0.39, 0.29) is 34.2 Å². The van der Waals surface area contributed by atoms with Crippen molar-refractivity contribution >= 4 is 51.6 Å². The Morgan fingerprint density at radius 2 is 1.00 bits per heavy atom. The van der Waals surface area contributed by atoms with Crippen molar-refractivity contribution in [3.05, 3.63) is 36.4 Å². The molecule has 2 aliphatic heterocycles. The van der Waals surface area contributed by atoms with Crippen molar-refractivity contribution in [2.45, 2.75) is 61.9 Å². The van der Waals surface area contributed by atoms with Gasteiger partial charge in [0.1, 0.15) is 0 Å². The summed E-state index contributed by atoms with van der Waals surface area (Å²) in [6.45, 7) is 8.66. The van der Waals surface area contributed by atoms with Crippen LogP contribution < -0.4 is 0 Å². The molecule has 0 aliphatic carbocycles. The summed E-state index contributed by atoms with van der Waals surface area (Å²) in [4.78, 5) is 0.408. The topological polar surface area (TPSA) is 93.2 Å². The Morgan fingerprint density at radius 3 is 1.34 bits per heavy atom. The largest absolute Gasteiger partial charge is 0.373 e. The highest BCUT2D eigenvalue weighted by Gasteiger charge is 2.34. The van der Waals surface area contributed by atoms with E-state index in [0.29, 0.717) is 26.2 Å². The Morgan fingerprint density at radius 1 is 0.657 bits per heavy atom. The fourth-order valence-corrected chi connectivity index (χ4v) is 9.31. The summed E-state index contributed by atoms with van der Waals surface area (Å²) >= 11 is 1.52. The van der Waals surface area contributed by atoms with Gasteiger partial charge in [0, 0.05) is 46.4 Å². The third-order valence-corrected chi connectivity index (χ3v) is 11.3. The van der Waals surface area contributed by atoms with Gasteiger partial charge in [-0.15, -0.1) is 11.3 Å². The second kappa shape index (κ2) is 9.05. The van der Waals surface area contributed by atoms with Gasteiger partial charge in [0.2, 0.25) is 20.0 Å². The zero-order valence-electron chi connectivity index (χ0n) is 20.2. The first-order valence-corrected chi connectivity index (χ1v) is 15.4. The molecule has 2 saturated heterocycles. The maximum absolute atomic E-state index is 13.4. The molecule has 0 radical (unpaired) electrons. The molecule has 3 heterocycles. The molecule has 0 N–H and O–H groups in total. The van der Waals surface area contributed by atoms with Crippen molar-refractivity contribution < 1.29 is 26.3 Å². The molecule has 8 nitrogen and oxygen atoms in total. The molecule has 0 amide bonds. The number of nitrogens with zero attached hydrogens (tertiary/aromatic N) is 2. The second-order valence-corrected chi connectivity index (χ2v) is 14.5. The molecule has 0 unspecified atom stereocenters. The first kappa shape index (κ1) is 25.1. The van der Waals surface area contributed by atoms with Crippen LogP contribution in [0.2, 0.25) is 0 Å². The van der Waals surface area contributed by atoms with E-state index in [1.165, 1.54) is 19.9 Å². The number of ether oxygens (including phenoxy) is 2. The Hall–Kier alpha value is -1.60. The Labute approximate surface area is 210 Å². The number of fused-ring (bicyclic) bond motifs is 3. The molecular weight excluding hydrogens is 508 g/mol. The number of thiophene rings is 1. The monoisotopic (exact) mass is 538 g/mol. The van der Waals surface area contributed by atoms with Gasteiger partial charge in [-0.05, 0) is 64.1 Å². The molecule has 11 heteroatoms. The van der Waals surface area contributed by atoms with Gasteiger partial charge in [-0.2, -0.15) is 8.61 Å². The van der Waals surface area contributed by atoms with E-state index in [1.54, 1.807) is 36.4 Å². The molecule has 1 aromatic heterocycles. The lowest BCUT2D eigenvalue weighted by Gasteiger charge is -2.34. The van der Waals surface area contributed by atoms with E-state index >= 15 is 0 Å². The summed E-state index contributed by atoms with van der Waals surface area (Å²) in [7, 11) is -7.43. The van der Waals surface area contributed by atoms with Crippen molar-refractivity contribution in [1.82, 2.24) is 8.61 Å². The second-order valence-electron chi connectivity index (χ2n) is 9.58. The van der Waals surface area contributed by atoms with Gasteiger partial charge >= 0.3 is 0 Å². The number of rotatable bonds is 4. The van der Waals surface area contributed by atoms with E-state index in [0.717, 1.165) is 20.2 Å². The van der Waals surface area contributed by atoms with Crippen molar-refractivity contribution in [3.63, 3.8) is 0 Å². The number of benzene rings is 2. The van der Waals surface area contributed by atoms with Crippen LogP contribution in [0.15, 0.2) is 46.2 Å². The van der Waals surface area contributed by atoms with Crippen molar-refractivity contribution in [3.8, 4) is 0 Å². The molecular formula is C24H30N2O6S3. The summed E-state index contributed by atoms with van der Waals surface area (Å²) in [5, 5.41) is 1.47. The zero-order valence-corrected chi connectivity index (χ0v) is 22.6. The van der Waals surface area contributed by atoms with Crippen molar-refractivity contribution in [2.24, 2.45) is 0 Å². The summed E-state index contributed by atoms with van der Waals surface area (Å²) < 4.78 is 69.9. The highest BCUT2D eigenvalue weighted by molar-refractivity contribution is 7.89. The normalized spacial score (nSPS) is 27.5. The van der Waals surface area contributed by atoms with Crippen molar-refractivity contribution in [2.75, 3.05) is 26.2 Å². The van der Waals surface area contributed by atoms with Gasteiger partial charge in [-0.3, -0.25) is 0 Å². The fraction of sp³-hybridized carbons (Fsp3) is 0.500. The number of sulfonamides is 2. The zero-order chi connectivity index (χ0) is 25.1. The minimum Gasteiger partial charge on any atom is -0.373 e.